The number of nitrogens with one attached hydrogen (secondary N) is 1. The van der Waals surface area contributed by atoms with Gasteiger partial charge in [-0.15, -0.1) is 0 Å². The smallest absolute Gasteiger partial charge is 0.277 e. The molecule has 0 aliphatic heterocycles. The Morgan fingerprint density at radius 3 is 2.56 bits per heavy atom. The number of phenols is 1. The molecule has 5 nitrogen and oxygen atoms in total. The van der Waals surface area contributed by atoms with Gasteiger partial charge in [0.15, 0.2) is 18.9 Å². The van der Waals surface area contributed by atoms with Crippen LogP contribution in [0.3, 0.4) is 0 Å². The zero-order valence-corrected chi connectivity index (χ0v) is 13.5. The van der Waals surface area contributed by atoms with Gasteiger partial charge in [-0.05, 0) is 35.9 Å². The Morgan fingerprint density at radius 2 is 1.80 bits per heavy atom. The third-order valence-corrected chi connectivity index (χ3v) is 3.60. The van der Waals surface area contributed by atoms with E-state index in [1.54, 1.807) is 36.5 Å². The topological polar surface area (TPSA) is 65.6 Å². The van der Waals surface area contributed by atoms with Crippen LogP contribution < -0.4 is 9.99 Å². The molecule has 2 aromatic carbocycles. The number of nitrogens with zero attached hydrogens (tertiary/aromatic N) is 2. The maximum atomic E-state index is 12.2. The highest BCUT2D eigenvalue weighted by atomic mass is 16.3. The predicted molar refractivity (Wildman–Crippen MR) is 95.3 cm³/mol. The first-order valence-electron chi connectivity index (χ1n) is 7.86. The number of amides is 1. The van der Waals surface area contributed by atoms with E-state index in [0.717, 1.165) is 11.1 Å². The quantitative estimate of drug-likeness (QED) is 0.428. The molecule has 0 aliphatic carbocycles. The average Bonchev–Trinajstić information content (AvgIpc) is 2.64. The number of hydrogen-bond acceptors (Lipinski definition) is 3. The fourth-order valence-corrected chi connectivity index (χ4v) is 2.34. The first-order valence-corrected chi connectivity index (χ1v) is 7.86. The Bertz CT molecular complexity index is 875. The number of carbonyl (C=O) groups is 1. The number of hydrogen-bond donors (Lipinski definition) is 2. The van der Waals surface area contributed by atoms with Crippen molar-refractivity contribution in [3.8, 4) is 5.75 Å². The van der Waals surface area contributed by atoms with Gasteiger partial charge in [0.1, 0.15) is 11.3 Å². The first kappa shape index (κ1) is 16.4. The van der Waals surface area contributed by atoms with Gasteiger partial charge in [-0.2, -0.15) is 9.67 Å². The van der Waals surface area contributed by atoms with E-state index in [4.69, 9.17) is 0 Å². The summed E-state index contributed by atoms with van der Waals surface area (Å²) in [5, 5.41) is 13.2. The minimum Gasteiger partial charge on any atom is -0.508 e. The highest BCUT2D eigenvalue weighted by Crippen LogP contribution is 2.07. The van der Waals surface area contributed by atoms with Crippen molar-refractivity contribution in [2.24, 2.45) is 5.10 Å². The van der Waals surface area contributed by atoms with Crippen molar-refractivity contribution >= 4 is 12.1 Å². The Balaban J connectivity index is 1.64. The highest BCUT2D eigenvalue weighted by molar-refractivity contribution is 5.94. The average molecular weight is 332 g/mol. The molecule has 3 rings (SSSR count). The fraction of sp³-hybridized carbons (Fsp3) is 0.0500. The van der Waals surface area contributed by atoms with Gasteiger partial charge in [-0.1, -0.05) is 30.3 Å². The molecular formula is C20H18N3O2+. The number of pyridine rings is 1. The van der Waals surface area contributed by atoms with Gasteiger partial charge in [0.25, 0.3) is 5.91 Å². The number of hydrazone groups is 1. The van der Waals surface area contributed by atoms with Crippen LogP contribution in [0.1, 0.15) is 21.5 Å². The van der Waals surface area contributed by atoms with E-state index in [-0.39, 0.29) is 11.7 Å². The number of aromatic hydroxyl groups is 1. The number of benzene rings is 2. The summed E-state index contributed by atoms with van der Waals surface area (Å²) >= 11 is 0. The minimum atomic E-state index is -0.280. The van der Waals surface area contributed by atoms with Crippen LogP contribution in [0, 0.1) is 0 Å². The molecule has 0 saturated heterocycles. The summed E-state index contributed by atoms with van der Waals surface area (Å²) in [4.78, 5) is 12.2. The lowest BCUT2D eigenvalue weighted by molar-refractivity contribution is -0.688. The minimum absolute atomic E-state index is 0.188. The van der Waals surface area contributed by atoms with E-state index < -0.39 is 0 Å². The second-order valence-electron chi connectivity index (χ2n) is 5.54. The summed E-state index contributed by atoms with van der Waals surface area (Å²) in [6, 6.07) is 20.2. The van der Waals surface area contributed by atoms with E-state index in [1.165, 1.54) is 6.21 Å². The van der Waals surface area contributed by atoms with E-state index in [9.17, 15) is 9.90 Å². The summed E-state index contributed by atoms with van der Waals surface area (Å²) in [5.41, 5.74) is 4.98. The molecule has 5 heteroatoms. The maximum absolute atomic E-state index is 12.2. The molecule has 0 radical (unpaired) electrons. The van der Waals surface area contributed by atoms with Crippen LogP contribution in [-0.2, 0) is 6.54 Å². The zero-order valence-electron chi connectivity index (χ0n) is 13.5. The second-order valence-corrected chi connectivity index (χ2v) is 5.54. The number of aromatic nitrogens is 1. The molecule has 0 fully saturated rings. The molecule has 3 aromatic rings. The van der Waals surface area contributed by atoms with Gasteiger partial charge < -0.3 is 5.11 Å². The van der Waals surface area contributed by atoms with Crippen LogP contribution in [0.25, 0.3) is 0 Å². The molecule has 0 aliphatic rings. The number of rotatable bonds is 5. The van der Waals surface area contributed by atoms with Crippen LogP contribution in [0.2, 0.25) is 0 Å². The largest absolute Gasteiger partial charge is 0.508 e. The van der Waals surface area contributed by atoms with Crippen molar-refractivity contribution < 1.29 is 14.5 Å². The molecule has 124 valence electrons. The summed E-state index contributed by atoms with van der Waals surface area (Å²) in [6.45, 7) is 0.693. The maximum Gasteiger partial charge on any atom is 0.277 e. The summed E-state index contributed by atoms with van der Waals surface area (Å²) in [5.74, 6) is -0.0918. The first-order chi connectivity index (χ1) is 12.2. The summed E-state index contributed by atoms with van der Waals surface area (Å²) < 4.78 is 1.95. The van der Waals surface area contributed by atoms with Crippen LogP contribution in [0.4, 0.5) is 0 Å². The Labute approximate surface area is 145 Å². The molecule has 0 spiro atoms. The van der Waals surface area contributed by atoms with Crippen molar-refractivity contribution in [2.45, 2.75) is 6.54 Å². The van der Waals surface area contributed by atoms with Crippen LogP contribution in [0.5, 0.6) is 5.75 Å². The van der Waals surface area contributed by atoms with E-state index in [1.807, 2.05) is 47.2 Å². The molecule has 1 aromatic heterocycles. The van der Waals surface area contributed by atoms with Crippen molar-refractivity contribution in [1.29, 1.82) is 0 Å². The highest BCUT2D eigenvalue weighted by Gasteiger charge is 2.10. The summed E-state index contributed by atoms with van der Waals surface area (Å²) in [7, 11) is 0. The van der Waals surface area contributed by atoms with Crippen molar-refractivity contribution in [3.63, 3.8) is 0 Å². The van der Waals surface area contributed by atoms with Gasteiger partial charge in [-0.3, -0.25) is 4.79 Å². The van der Waals surface area contributed by atoms with E-state index in [0.29, 0.717) is 12.1 Å². The molecule has 0 unspecified atom stereocenters. The Kier molecular flexibility index (Phi) is 5.16. The molecule has 0 saturated carbocycles. The van der Waals surface area contributed by atoms with Gasteiger partial charge in [0, 0.05) is 11.6 Å². The molecule has 2 N–H and O–H groups in total. The van der Waals surface area contributed by atoms with E-state index in [2.05, 4.69) is 10.5 Å². The van der Waals surface area contributed by atoms with Crippen molar-refractivity contribution in [2.75, 3.05) is 0 Å². The molecule has 0 atom stereocenters. The standard InChI is InChI=1S/C20H17N3O2/c24-19-10-8-16(9-11-19)13-21-22-20(25)18-7-4-12-23(15-18)14-17-5-2-1-3-6-17/h1-13,15H,14H2,(H-,21,22,24,25)/p+1. The monoisotopic (exact) mass is 332 g/mol. The summed E-state index contributed by atoms with van der Waals surface area (Å²) in [6.07, 6.45) is 5.24. The lowest BCUT2D eigenvalue weighted by atomic mass is 10.2. The van der Waals surface area contributed by atoms with Crippen LogP contribution >= 0.6 is 0 Å². The Hall–Kier alpha value is -3.47. The van der Waals surface area contributed by atoms with Gasteiger partial charge in [0.2, 0.25) is 0 Å². The molecule has 25 heavy (non-hydrogen) atoms. The molecule has 1 amide bonds. The fourth-order valence-electron chi connectivity index (χ4n) is 2.34. The molecule has 0 bridgehead atoms. The lowest BCUT2D eigenvalue weighted by Crippen LogP contribution is -2.35. The van der Waals surface area contributed by atoms with Gasteiger partial charge in [-0.25, -0.2) is 5.43 Å². The van der Waals surface area contributed by atoms with Crippen molar-refractivity contribution in [3.05, 3.63) is 95.8 Å². The SMILES string of the molecule is O=C(NN=Cc1ccc(O)cc1)c1ccc[n+](Cc2ccccc2)c1. The van der Waals surface area contributed by atoms with E-state index >= 15 is 0 Å². The van der Waals surface area contributed by atoms with Crippen LogP contribution in [-0.4, -0.2) is 17.2 Å². The normalized spacial score (nSPS) is 10.7. The lowest BCUT2D eigenvalue weighted by Gasteiger charge is -2.01. The predicted octanol–water partition coefficient (Wildman–Crippen LogP) is 2.49. The number of carbonyl (C=O) groups excluding carboxylic acids is 1. The van der Waals surface area contributed by atoms with Gasteiger partial charge >= 0.3 is 0 Å². The second kappa shape index (κ2) is 7.88. The number of phenolic OH excluding ortho intramolecular Hbond substituents is 1. The zero-order chi connectivity index (χ0) is 17.5. The van der Waals surface area contributed by atoms with Crippen molar-refractivity contribution in [1.82, 2.24) is 5.43 Å². The Morgan fingerprint density at radius 1 is 1.04 bits per heavy atom. The molecule has 1 heterocycles. The third-order valence-electron chi connectivity index (χ3n) is 3.60. The third kappa shape index (κ3) is 4.75. The molecular weight excluding hydrogens is 314 g/mol. The van der Waals surface area contributed by atoms with Crippen LogP contribution in [0.15, 0.2) is 84.2 Å². The van der Waals surface area contributed by atoms with Gasteiger partial charge in [0.05, 0.1) is 6.21 Å².